The van der Waals surface area contributed by atoms with Gasteiger partial charge in [-0.1, -0.05) is 11.6 Å². The summed E-state index contributed by atoms with van der Waals surface area (Å²) in [6.07, 6.45) is 5.83. The van der Waals surface area contributed by atoms with Crippen LogP contribution in [0, 0.1) is 0 Å². The molecule has 3 rings (SSSR count). The molecule has 20 heavy (non-hydrogen) atoms. The maximum Gasteiger partial charge on any atom is 0.233 e. The van der Waals surface area contributed by atoms with E-state index in [4.69, 9.17) is 16.3 Å². The van der Waals surface area contributed by atoms with E-state index in [0.29, 0.717) is 23.6 Å². The van der Waals surface area contributed by atoms with Crippen LogP contribution < -0.4 is 10.1 Å². The zero-order valence-corrected chi connectivity index (χ0v) is 11.9. The number of halogens is 1. The molecular formula is C14H17ClN4O. The Labute approximate surface area is 122 Å². The monoisotopic (exact) mass is 292 g/mol. The van der Waals surface area contributed by atoms with Crippen LogP contribution in [-0.4, -0.2) is 27.9 Å². The molecule has 0 aliphatic carbocycles. The predicted octanol–water partition coefficient (Wildman–Crippen LogP) is 2.43. The summed E-state index contributed by atoms with van der Waals surface area (Å²) >= 11 is 5.79. The third kappa shape index (κ3) is 3.29. The Morgan fingerprint density at radius 2 is 2.15 bits per heavy atom. The van der Waals surface area contributed by atoms with Gasteiger partial charge >= 0.3 is 0 Å². The van der Waals surface area contributed by atoms with E-state index >= 15 is 0 Å². The number of nitrogens with zero attached hydrogens (tertiary/aromatic N) is 3. The van der Waals surface area contributed by atoms with E-state index in [1.165, 1.54) is 0 Å². The first-order valence-corrected chi connectivity index (χ1v) is 7.18. The third-order valence-corrected chi connectivity index (χ3v) is 3.65. The molecule has 2 aromatic heterocycles. The minimum absolute atomic E-state index is 0.403. The lowest BCUT2D eigenvalue weighted by Gasteiger charge is -2.22. The van der Waals surface area contributed by atoms with Gasteiger partial charge in [0.25, 0.3) is 0 Å². The topological polar surface area (TPSA) is 52.0 Å². The number of ether oxygens (including phenoxy) is 1. The lowest BCUT2D eigenvalue weighted by molar-refractivity contribution is 0.275. The molecule has 1 aliphatic rings. The van der Waals surface area contributed by atoms with Crippen molar-refractivity contribution in [2.45, 2.75) is 25.5 Å². The van der Waals surface area contributed by atoms with Crippen LogP contribution in [0.25, 0.3) is 0 Å². The molecule has 0 aromatic carbocycles. The summed E-state index contributed by atoms with van der Waals surface area (Å²) in [5.41, 5.74) is 0.839. The minimum Gasteiger partial charge on any atom is -0.470 e. The molecule has 6 heteroatoms. The van der Waals surface area contributed by atoms with Crippen LogP contribution >= 0.6 is 11.6 Å². The first-order valence-electron chi connectivity index (χ1n) is 6.80. The second-order valence-corrected chi connectivity index (χ2v) is 5.31. The number of piperidine rings is 1. The van der Waals surface area contributed by atoms with Crippen molar-refractivity contribution in [2.75, 3.05) is 13.1 Å². The van der Waals surface area contributed by atoms with Gasteiger partial charge < -0.3 is 10.1 Å². The molecule has 0 radical (unpaired) electrons. The van der Waals surface area contributed by atoms with Crippen molar-refractivity contribution >= 4 is 11.6 Å². The molecular weight excluding hydrogens is 276 g/mol. The van der Waals surface area contributed by atoms with Gasteiger partial charge in [0.1, 0.15) is 6.61 Å². The summed E-state index contributed by atoms with van der Waals surface area (Å²) in [4.78, 5) is 4.19. The number of nitrogens with one attached hydrogen (secondary N) is 1. The van der Waals surface area contributed by atoms with Gasteiger partial charge in [0.05, 0.1) is 16.8 Å². The minimum atomic E-state index is 0.403. The second kappa shape index (κ2) is 6.24. The zero-order valence-electron chi connectivity index (χ0n) is 11.1. The van der Waals surface area contributed by atoms with Crippen LogP contribution in [0.2, 0.25) is 5.02 Å². The molecule has 106 valence electrons. The highest BCUT2D eigenvalue weighted by atomic mass is 35.5. The Morgan fingerprint density at radius 1 is 1.30 bits per heavy atom. The van der Waals surface area contributed by atoms with Crippen LogP contribution in [0.1, 0.15) is 24.6 Å². The molecule has 1 saturated heterocycles. The van der Waals surface area contributed by atoms with E-state index in [9.17, 15) is 0 Å². The molecule has 0 amide bonds. The summed E-state index contributed by atoms with van der Waals surface area (Å²) in [5.74, 6) is 0.639. The Balaban J connectivity index is 1.58. The average molecular weight is 293 g/mol. The van der Waals surface area contributed by atoms with Crippen molar-refractivity contribution in [3.8, 4) is 5.88 Å². The second-order valence-electron chi connectivity index (χ2n) is 4.87. The number of hydrogen-bond acceptors (Lipinski definition) is 4. The number of aromatic nitrogens is 3. The Kier molecular flexibility index (Phi) is 4.18. The van der Waals surface area contributed by atoms with Crippen molar-refractivity contribution in [3.63, 3.8) is 0 Å². The molecule has 0 atom stereocenters. The average Bonchev–Trinajstić information content (AvgIpc) is 2.97. The highest BCUT2D eigenvalue weighted by Gasteiger charge is 2.15. The van der Waals surface area contributed by atoms with Crippen LogP contribution in [0.3, 0.4) is 0 Å². The van der Waals surface area contributed by atoms with E-state index in [2.05, 4.69) is 15.4 Å². The van der Waals surface area contributed by atoms with Crippen molar-refractivity contribution < 1.29 is 4.74 Å². The number of pyridine rings is 1. The molecule has 0 unspecified atom stereocenters. The van der Waals surface area contributed by atoms with Crippen molar-refractivity contribution in [1.82, 2.24) is 20.1 Å². The van der Waals surface area contributed by atoms with E-state index in [0.717, 1.165) is 31.6 Å². The lowest BCUT2D eigenvalue weighted by Crippen LogP contribution is -2.29. The quantitative estimate of drug-likeness (QED) is 0.940. The largest absolute Gasteiger partial charge is 0.470 e. The maximum atomic E-state index is 5.79. The zero-order chi connectivity index (χ0) is 13.8. The van der Waals surface area contributed by atoms with Gasteiger partial charge in [-0.05, 0) is 38.1 Å². The van der Waals surface area contributed by atoms with E-state index in [1.54, 1.807) is 12.3 Å². The molecule has 0 spiro atoms. The Morgan fingerprint density at radius 3 is 2.90 bits per heavy atom. The van der Waals surface area contributed by atoms with Gasteiger partial charge in [0, 0.05) is 18.5 Å². The van der Waals surface area contributed by atoms with Crippen molar-refractivity contribution in [3.05, 3.63) is 41.3 Å². The summed E-state index contributed by atoms with van der Waals surface area (Å²) in [6, 6.07) is 6.03. The fourth-order valence-corrected chi connectivity index (χ4v) is 2.42. The maximum absolute atomic E-state index is 5.79. The summed E-state index contributed by atoms with van der Waals surface area (Å²) in [6.45, 7) is 2.51. The third-order valence-electron chi connectivity index (χ3n) is 3.42. The standard InChI is InChI=1S/C14H17ClN4O/c15-11-1-2-12(17-9-11)10-20-14-5-8-19(18-14)13-3-6-16-7-4-13/h1-2,5,8-9,13,16H,3-4,6-7,10H2. The molecule has 0 bridgehead atoms. The van der Waals surface area contributed by atoms with Gasteiger partial charge in [-0.15, -0.1) is 5.10 Å². The fraction of sp³-hybridized carbons (Fsp3) is 0.429. The highest BCUT2D eigenvalue weighted by molar-refractivity contribution is 6.30. The van der Waals surface area contributed by atoms with Crippen LogP contribution in [-0.2, 0) is 6.61 Å². The van der Waals surface area contributed by atoms with Crippen LogP contribution in [0.5, 0.6) is 5.88 Å². The van der Waals surface area contributed by atoms with Gasteiger partial charge in [0.2, 0.25) is 5.88 Å². The summed E-state index contributed by atoms with van der Waals surface area (Å²) in [7, 11) is 0. The van der Waals surface area contributed by atoms with E-state index in [-0.39, 0.29) is 0 Å². The molecule has 1 N–H and O–H groups in total. The van der Waals surface area contributed by atoms with Gasteiger partial charge in [-0.3, -0.25) is 9.67 Å². The Hall–Kier alpha value is -1.59. The molecule has 1 fully saturated rings. The highest BCUT2D eigenvalue weighted by Crippen LogP contribution is 2.20. The van der Waals surface area contributed by atoms with Crippen molar-refractivity contribution in [1.29, 1.82) is 0 Å². The van der Waals surface area contributed by atoms with Crippen LogP contribution in [0.15, 0.2) is 30.6 Å². The molecule has 5 nitrogen and oxygen atoms in total. The number of rotatable bonds is 4. The summed E-state index contributed by atoms with van der Waals surface area (Å²) in [5, 5.41) is 8.46. The van der Waals surface area contributed by atoms with Gasteiger partial charge in [-0.2, -0.15) is 0 Å². The fourth-order valence-electron chi connectivity index (χ4n) is 2.31. The molecule has 1 aliphatic heterocycles. The lowest BCUT2D eigenvalue weighted by atomic mass is 10.1. The van der Waals surface area contributed by atoms with Crippen molar-refractivity contribution in [2.24, 2.45) is 0 Å². The Bertz CT molecular complexity index is 549. The molecule has 2 aromatic rings. The van der Waals surface area contributed by atoms with Gasteiger partial charge in [0.15, 0.2) is 0 Å². The van der Waals surface area contributed by atoms with E-state index in [1.807, 2.05) is 23.0 Å². The molecule has 0 saturated carbocycles. The molecule has 3 heterocycles. The van der Waals surface area contributed by atoms with Gasteiger partial charge in [-0.25, -0.2) is 0 Å². The predicted molar refractivity (Wildman–Crippen MR) is 76.9 cm³/mol. The first kappa shape index (κ1) is 13.4. The number of hydrogen-bond donors (Lipinski definition) is 1. The SMILES string of the molecule is Clc1ccc(COc2ccn(C3CCNCC3)n2)nc1. The normalized spacial score (nSPS) is 16.2. The first-order chi connectivity index (χ1) is 9.81. The van der Waals surface area contributed by atoms with E-state index < -0.39 is 0 Å². The van der Waals surface area contributed by atoms with Crippen LogP contribution in [0.4, 0.5) is 0 Å². The smallest absolute Gasteiger partial charge is 0.233 e. The summed E-state index contributed by atoms with van der Waals surface area (Å²) < 4.78 is 7.66.